The van der Waals surface area contributed by atoms with E-state index in [1.807, 2.05) is 6.26 Å². The Hall–Kier alpha value is -0.300. The van der Waals surface area contributed by atoms with Crippen LogP contribution >= 0.6 is 23.4 Å². The van der Waals surface area contributed by atoms with E-state index in [9.17, 15) is 8.42 Å². The third-order valence-electron chi connectivity index (χ3n) is 3.29. The number of rotatable bonds is 5. The Labute approximate surface area is 117 Å². The van der Waals surface area contributed by atoms with E-state index in [0.717, 1.165) is 12.8 Å². The maximum Gasteiger partial charge on any atom is 0.240 e. The molecule has 1 aliphatic rings. The molecule has 0 spiro atoms. The molecule has 100 valence electrons. The Bertz CT molecular complexity index is 524. The minimum atomic E-state index is -3.49. The van der Waals surface area contributed by atoms with Crippen LogP contribution in [0.5, 0.6) is 0 Å². The van der Waals surface area contributed by atoms with E-state index in [2.05, 4.69) is 9.71 Å². The summed E-state index contributed by atoms with van der Waals surface area (Å²) < 4.78 is 26.9. The average molecular weight is 307 g/mol. The maximum absolute atomic E-state index is 12.1. The van der Waals surface area contributed by atoms with Crippen LogP contribution in [0.3, 0.4) is 0 Å². The van der Waals surface area contributed by atoms with Gasteiger partial charge in [-0.1, -0.05) is 18.0 Å². The molecule has 0 unspecified atom stereocenters. The molecule has 0 saturated heterocycles. The molecule has 18 heavy (non-hydrogen) atoms. The van der Waals surface area contributed by atoms with Crippen LogP contribution in [0.25, 0.3) is 0 Å². The van der Waals surface area contributed by atoms with Gasteiger partial charge in [0.1, 0.15) is 5.15 Å². The van der Waals surface area contributed by atoms with E-state index in [1.165, 1.54) is 24.8 Å². The van der Waals surface area contributed by atoms with Crippen LogP contribution in [0, 0.1) is 0 Å². The van der Waals surface area contributed by atoms with E-state index in [-0.39, 0.29) is 14.8 Å². The summed E-state index contributed by atoms with van der Waals surface area (Å²) in [5.41, 5.74) is 0. The quantitative estimate of drug-likeness (QED) is 0.848. The zero-order chi connectivity index (χ0) is 13.2. The van der Waals surface area contributed by atoms with E-state index in [0.29, 0.717) is 6.54 Å². The summed E-state index contributed by atoms with van der Waals surface area (Å²) in [6.07, 6.45) is 6.71. The topological polar surface area (TPSA) is 59.1 Å². The first-order valence-electron chi connectivity index (χ1n) is 5.64. The minimum Gasteiger partial charge on any atom is -0.244 e. The van der Waals surface area contributed by atoms with Crippen LogP contribution < -0.4 is 4.72 Å². The predicted molar refractivity (Wildman–Crippen MR) is 74.5 cm³/mol. The van der Waals surface area contributed by atoms with Crippen LogP contribution in [-0.2, 0) is 10.0 Å². The third-order valence-corrected chi connectivity index (χ3v) is 6.31. The molecular formula is C11H15ClN2O2S2. The summed E-state index contributed by atoms with van der Waals surface area (Å²) in [5, 5.41) is 0.182. The van der Waals surface area contributed by atoms with E-state index in [4.69, 9.17) is 11.6 Å². The molecule has 1 fully saturated rings. The lowest BCUT2D eigenvalue weighted by Gasteiger charge is -2.40. The fourth-order valence-corrected chi connectivity index (χ4v) is 4.27. The lowest BCUT2D eigenvalue weighted by molar-refractivity contribution is 0.362. The highest BCUT2D eigenvalue weighted by Crippen LogP contribution is 2.42. The maximum atomic E-state index is 12.1. The summed E-state index contributed by atoms with van der Waals surface area (Å²) in [5.74, 6) is 0. The van der Waals surface area contributed by atoms with Gasteiger partial charge in [-0.3, -0.25) is 0 Å². The van der Waals surface area contributed by atoms with Gasteiger partial charge in [-0.2, -0.15) is 11.8 Å². The van der Waals surface area contributed by atoms with E-state index in [1.54, 1.807) is 11.8 Å². The fraction of sp³-hybridized carbons (Fsp3) is 0.545. The number of aromatic nitrogens is 1. The number of sulfonamides is 1. The highest BCUT2D eigenvalue weighted by molar-refractivity contribution is 8.00. The van der Waals surface area contributed by atoms with Crippen LogP contribution in [0.4, 0.5) is 0 Å². The van der Waals surface area contributed by atoms with E-state index >= 15 is 0 Å². The standard InChI is InChI=1S/C11H15ClN2O2S2/c1-17-11(4-2-5-11)8-14-18(15,16)9-3-6-13-10(12)7-9/h3,6-7,14H,2,4-5,8H2,1H3. The smallest absolute Gasteiger partial charge is 0.240 e. The first-order valence-corrected chi connectivity index (χ1v) is 8.72. The second-order valence-electron chi connectivity index (χ2n) is 4.38. The van der Waals surface area contributed by atoms with Gasteiger partial charge in [-0.15, -0.1) is 0 Å². The summed E-state index contributed by atoms with van der Waals surface area (Å²) in [6, 6.07) is 2.80. The number of halogens is 1. The molecule has 2 rings (SSSR count). The van der Waals surface area contributed by atoms with Gasteiger partial charge >= 0.3 is 0 Å². The normalized spacial score (nSPS) is 18.3. The van der Waals surface area contributed by atoms with Crippen molar-refractivity contribution in [2.24, 2.45) is 0 Å². The molecule has 0 atom stereocenters. The van der Waals surface area contributed by atoms with Gasteiger partial charge < -0.3 is 0 Å². The molecule has 1 saturated carbocycles. The summed E-state index contributed by atoms with van der Waals surface area (Å²) in [6.45, 7) is 0.469. The number of nitrogens with zero attached hydrogens (tertiary/aromatic N) is 1. The summed E-state index contributed by atoms with van der Waals surface area (Å²) in [4.78, 5) is 3.94. The van der Waals surface area contributed by atoms with Gasteiger partial charge in [0.05, 0.1) is 4.90 Å². The number of pyridine rings is 1. The zero-order valence-corrected chi connectivity index (χ0v) is 12.4. The molecule has 1 aromatic rings. The van der Waals surface area contributed by atoms with Crippen molar-refractivity contribution in [3.63, 3.8) is 0 Å². The molecule has 0 bridgehead atoms. The fourth-order valence-electron chi connectivity index (χ4n) is 1.89. The summed E-state index contributed by atoms with van der Waals surface area (Å²) in [7, 11) is -3.49. The molecule has 0 aliphatic heterocycles. The Morgan fingerprint density at radius 1 is 1.56 bits per heavy atom. The Kier molecular flexibility index (Phi) is 4.21. The molecule has 1 N–H and O–H groups in total. The van der Waals surface area contributed by atoms with Gasteiger partial charge in [-0.25, -0.2) is 18.1 Å². The molecule has 1 heterocycles. The van der Waals surface area contributed by atoms with Crippen LogP contribution in [0.1, 0.15) is 19.3 Å². The second kappa shape index (κ2) is 5.36. The minimum absolute atomic E-state index is 0.0733. The molecule has 0 aromatic carbocycles. The van der Waals surface area contributed by atoms with E-state index < -0.39 is 10.0 Å². The third kappa shape index (κ3) is 2.99. The van der Waals surface area contributed by atoms with Crippen molar-refractivity contribution < 1.29 is 8.42 Å². The van der Waals surface area contributed by atoms with Crippen LogP contribution in [0.15, 0.2) is 23.2 Å². The van der Waals surface area contributed by atoms with Gasteiger partial charge in [-0.05, 0) is 31.2 Å². The molecular weight excluding hydrogens is 292 g/mol. The highest BCUT2D eigenvalue weighted by atomic mass is 35.5. The Morgan fingerprint density at radius 2 is 2.28 bits per heavy atom. The number of thioether (sulfide) groups is 1. The van der Waals surface area contributed by atoms with Gasteiger partial charge in [0.2, 0.25) is 10.0 Å². The lowest BCUT2D eigenvalue weighted by Crippen LogP contribution is -2.45. The lowest BCUT2D eigenvalue weighted by atomic mass is 9.84. The van der Waals surface area contributed by atoms with Gasteiger partial charge in [0, 0.05) is 17.5 Å². The first kappa shape index (κ1) is 14.1. The number of nitrogens with one attached hydrogen (secondary N) is 1. The first-order chi connectivity index (χ1) is 8.47. The number of hydrogen-bond donors (Lipinski definition) is 1. The number of hydrogen-bond acceptors (Lipinski definition) is 4. The van der Waals surface area contributed by atoms with Crippen LogP contribution in [-0.4, -0.2) is 30.9 Å². The molecule has 7 heteroatoms. The van der Waals surface area contributed by atoms with Crippen molar-refractivity contribution in [2.45, 2.75) is 28.9 Å². The molecule has 4 nitrogen and oxygen atoms in total. The van der Waals surface area contributed by atoms with Crippen molar-refractivity contribution in [1.29, 1.82) is 0 Å². The molecule has 1 aliphatic carbocycles. The van der Waals surface area contributed by atoms with Gasteiger partial charge in [0.15, 0.2) is 0 Å². The van der Waals surface area contributed by atoms with Crippen LogP contribution in [0.2, 0.25) is 5.15 Å². The van der Waals surface area contributed by atoms with Crippen molar-refractivity contribution in [2.75, 3.05) is 12.8 Å². The van der Waals surface area contributed by atoms with Crippen molar-refractivity contribution >= 4 is 33.4 Å². The van der Waals surface area contributed by atoms with Crippen molar-refractivity contribution in [3.05, 3.63) is 23.5 Å². The zero-order valence-electron chi connectivity index (χ0n) is 10.0. The van der Waals surface area contributed by atoms with Gasteiger partial charge in [0.25, 0.3) is 0 Å². The SMILES string of the molecule is CSC1(CNS(=O)(=O)c2ccnc(Cl)c2)CCC1. The van der Waals surface area contributed by atoms with Crippen molar-refractivity contribution in [1.82, 2.24) is 9.71 Å². The largest absolute Gasteiger partial charge is 0.244 e. The Balaban J connectivity index is 2.08. The highest BCUT2D eigenvalue weighted by Gasteiger charge is 2.37. The Morgan fingerprint density at radius 3 is 2.78 bits per heavy atom. The molecule has 0 radical (unpaired) electrons. The second-order valence-corrected chi connectivity index (χ2v) is 7.81. The predicted octanol–water partition coefficient (Wildman–Crippen LogP) is 2.30. The van der Waals surface area contributed by atoms with Crippen molar-refractivity contribution in [3.8, 4) is 0 Å². The monoisotopic (exact) mass is 306 g/mol. The summed E-state index contributed by atoms with van der Waals surface area (Å²) >= 11 is 7.43. The molecule has 0 amide bonds. The average Bonchev–Trinajstić information content (AvgIpc) is 2.28. The molecule has 1 aromatic heterocycles.